The Morgan fingerprint density at radius 2 is 1.97 bits per heavy atom. The van der Waals surface area contributed by atoms with Gasteiger partial charge in [0, 0.05) is 10.4 Å². The zero-order valence-corrected chi connectivity index (χ0v) is 17.3. The summed E-state index contributed by atoms with van der Waals surface area (Å²) in [6.07, 6.45) is -4.37. The van der Waals surface area contributed by atoms with Crippen LogP contribution in [0.15, 0.2) is 42.5 Å². The lowest BCUT2D eigenvalue weighted by molar-refractivity contribution is -0.185. The first-order valence-electron chi connectivity index (χ1n) is 9.78. The van der Waals surface area contributed by atoms with Crippen LogP contribution in [0.3, 0.4) is 0 Å². The van der Waals surface area contributed by atoms with Gasteiger partial charge in [-0.3, -0.25) is 0 Å². The summed E-state index contributed by atoms with van der Waals surface area (Å²) in [4.78, 5) is 12.9. The second-order valence-corrected chi connectivity index (χ2v) is 8.59. The summed E-state index contributed by atoms with van der Waals surface area (Å²) in [5.41, 5.74) is 0.716. The maximum atomic E-state index is 13.6. The minimum Gasteiger partial charge on any atom is -0.465 e. The van der Waals surface area contributed by atoms with Crippen molar-refractivity contribution in [3.8, 4) is 11.8 Å². The van der Waals surface area contributed by atoms with Gasteiger partial charge in [-0.25, -0.2) is 4.79 Å². The number of carbonyl (C=O) groups excluding carboxylic acids is 1. The summed E-state index contributed by atoms with van der Waals surface area (Å²) < 4.78 is 45.5. The molecule has 1 heterocycles. The van der Waals surface area contributed by atoms with Crippen LogP contribution in [-0.2, 0) is 11.2 Å². The first kappa shape index (κ1) is 22.4. The fraction of sp³-hybridized carbons (Fsp3) is 0.435. The Labute approximate surface area is 177 Å². The van der Waals surface area contributed by atoms with Crippen molar-refractivity contribution < 1.29 is 27.8 Å². The fourth-order valence-corrected chi connectivity index (χ4v) is 4.97. The van der Waals surface area contributed by atoms with Crippen molar-refractivity contribution in [2.75, 3.05) is 7.11 Å². The molecule has 1 aliphatic rings. The van der Waals surface area contributed by atoms with Gasteiger partial charge in [0.05, 0.1) is 25.0 Å². The van der Waals surface area contributed by atoms with Gasteiger partial charge >= 0.3 is 12.1 Å². The van der Waals surface area contributed by atoms with Gasteiger partial charge in [-0.05, 0) is 55.9 Å². The summed E-state index contributed by atoms with van der Waals surface area (Å²) >= 11 is 1.29. The zero-order valence-electron chi connectivity index (χ0n) is 16.5. The van der Waals surface area contributed by atoms with Crippen LogP contribution in [0.4, 0.5) is 13.2 Å². The number of aryl methyl sites for hydroxylation is 1. The first-order valence-corrected chi connectivity index (χ1v) is 10.6. The molecule has 0 bridgehead atoms. The largest absolute Gasteiger partial charge is 0.465 e. The number of ether oxygens (including phenoxy) is 1. The average molecular weight is 436 g/mol. The van der Waals surface area contributed by atoms with Gasteiger partial charge < -0.3 is 9.84 Å². The molecular weight excluding hydrogens is 413 g/mol. The number of benzene rings is 1. The number of aliphatic hydroxyl groups is 1. The molecule has 1 aliphatic carbocycles. The van der Waals surface area contributed by atoms with Crippen molar-refractivity contribution in [2.45, 2.75) is 38.0 Å². The molecule has 0 radical (unpaired) electrons. The molecule has 1 saturated carbocycles. The standard InChI is InChI=1S/C23H23F3O3S/c1-29-22(28)21-13-11-16(30-21)8-5-9-17-18(12-10-15-6-3-2-4-7-15)20(27)14-19(17)23(24,25)26/h2-4,6-7,11,13,17-20,27H,5,8-9,14H2,1H3/t17-,18-,19?,20-/m1/s1. The van der Waals surface area contributed by atoms with E-state index >= 15 is 0 Å². The minimum atomic E-state index is -4.37. The smallest absolute Gasteiger partial charge is 0.392 e. The highest BCUT2D eigenvalue weighted by molar-refractivity contribution is 7.13. The number of alkyl halides is 3. The van der Waals surface area contributed by atoms with E-state index in [2.05, 4.69) is 16.6 Å². The van der Waals surface area contributed by atoms with Gasteiger partial charge in [0.2, 0.25) is 0 Å². The molecule has 1 aromatic carbocycles. The monoisotopic (exact) mass is 436 g/mol. The number of rotatable bonds is 5. The summed E-state index contributed by atoms with van der Waals surface area (Å²) in [6, 6.07) is 12.5. The van der Waals surface area contributed by atoms with E-state index in [-0.39, 0.29) is 6.42 Å². The van der Waals surface area contributed by atoms with Gasteiger partial charge in [0.1, 0.15) is 4.88 Å². The van der Waals surface area contributed by atoms with E-state index in [4.69, 9.17) is 0 Å². The Hall–Kier alpha value is -2.30. The van der Waals surface area contributed by atoms with Crippen molar-refractivity contribution in [3.05, 3.63) is 57.8 Å². The average Bonchev–Trinajstić information content (AvgIpc) is 3.31. The molecule has 3 nitrogen and oxygen atoms in total. The van der Waals surface area contributed by atoms with E-state index in [1.165, 1.54) is 18.4 Å². The molecule has 4 atom stereocenters. The molecule has 1 unspecified atom stereocenters. The minimum absolute atomic E-state index is 0.306. The van der Waals surface area contributed by atoms with Gasteiger partial charge in [-0.2, -0.15) is 13.2 Å². The van der Waals surface area contributed by atoms with E-state index < -0.39 is 36.0 Å². The Morgan fingerprint density at radius 3 is 2.63 bits per heavy atom. The molecule has 7 heteroatoms. The summed E-state index contributed by atoms with van der Waals surface area (Å²) in [5.74, 6) is 2.39. The van der Waals surface area contributed by atoms with Crippen molar-refractivity contribution in [1.29, 1.82) is 0 Å². The lowest BCUT2D eigenvalue weighted by Crippen LogP contribution is -2.28. The molecule has 0 amide bonds. The second kappa shape index (κ2) is 9.67. The maximum absolute atomic E-state index is 13.6. The van der Waals surface area contributed by atoms with Crippen LogP contribution in [0.5, 0.6) is 0 Å². The van der Waals surface area contributed by atoms with Crippen LogP contribution in [0, 0.1) is 29.6 Å². The lowest BCUT2D eigenvalue weighted by Gasteiger charge is -2.24. The zero-order chi connectivity index (χ0) is 21.7. The van der Waals surface area contributed by atoms with Crippen molar-refractivity contribution in [1.82, 2.24) is 0 Å². The number of carbonyl (C=O) groups is 1. The predicted octanol–water partition coefficient (Wildman–Crippen LogP) is 5.08. The second-order valence-electron chi connectivity index (χ2n) is 7.43. The fourth-order valence-electron chi connectivity index (χ4n) is 4.00. The topological polar surface area (TPSA) is 46.5 Å². The van der Waals surface area contributed by atoms with E-state index in [1.807, 2.05) is 18.2 Å². The molecule has 1 fully saturated rings. The Bertz CT molecular complexity index is 911. The van der Waals surface area contributed by atoms with Crippen LogP contribution in [-0.4, -0.2) is 30.5 Å². The highest BCUT2D eigenvalue weighted by atomic mass is 32.1. The van der Waals surface area contributed by atoms with E-state index in [1.54, 1.807) is 24.3 Å². The third kappa shape index (κ3) is 5.44. The molecule has 0 saturated heterocycles. The molecule has 0 aliphatic heterocycles. The maximum Gasteiger partial charge on any atom is 0.392 e. The molecule has 0 spiro atoms. The number of halogens is 3. The highest BCUT2D eigenvalue weighted by Gasteiger charge is 2.53. The molecular formula is C23H23F3O3S. The third-order valence-electron chi connectivity index (χ3n) is 5.47. The van der Waals surface area contributed by atoms with Gasteiger partial charge in [0.25, 0.3) is 0 Å². The summed E-state index contributed by atoms with van der Waals surface area (Å²) in [7, 11) is 1.31. The van der Waals surface area contributed by atoms with E-state index in [0.717, 1.165) is 4.88 Å². The molecule has 1 N–H and O–H groups in total. The molecule has 3 rings (SSSR count). The van der Waals surface area contributed by atoms with E-state index in [9.17, 15) is 23.1 Å². The number of esters is 1. The Balaban J connectivity index is 1.71. The summed E-state index contributed by atoms with van der Waals surface area (Å²) in [6.45, 7) is 0. The quantitative estimate of drug-likeness (QED) is 0.525. The van der Waals surface area contributed by atoms with Crippen LogP contribution in [0.2, 0.25) is 0 Å². The van der Waals surface area contributed by atoms with Gasteiger partial charge in [0.15, 0.2) is 0 Å². The Morgan fingerprint density at radius 1 is 1.23 bits per heavy atom. The molecule has 30 heavy (non-hydrogen) atoms. The molecule has 1 aromatic heterocycles. The number of methoxy groups -OCH3 is 1. The van der Waals surface area contributed by atoms with Crippen LogP contribution in [0.1, 0.15) is 39.4 Å². The third-order valence-corrected chi connectivity index (χ3v) is 6.60. The lowest BCUT2D eigenvalue weighted by atomic mass is 9.84. The van der Waals surface area contributed by atoms with Crippen LogP contribution < -0.4 is 0 Å². The number of aliphatic hydroxyl groups excluding tert-OH is 1. The Kier molecular flexibility index (Phi) is 7.22. The predicted molar refractivity (Wildman–Crippen MR) is 109 cm³/mol. The molecule has 160 valence electrons. The van der Waals surface area contributed by atoms with Crippen LogP contribution >= 0.6 is 11.3 Å². The highest BCUT2D eigenvalue weighted by Crippen LogP contribution is 2.48. The normalized spacial score (nSPS) is 23.6. The number of hydrogen-bond acceptors (Lipinski definition) is 4. The van der Waals surface area contributed by atoms with Crippen molar-refractivity contribution in [3.63, 3.8) is 0 Å². The first-order chi connectivity index (χ1) is 14.3. The van der Waals surface area contributed by atoms with Crippen LogP contribution in [0.25, 0.3) is 0 Å². The van der Waals surface area contributed by atoms with Crippen molar-refractivity contribution >= 4 is 17.3 Å². The van der Waals surface area contributed by atoms with E-state index in [0.29, 0.717) is 29.7 Å². The molecule has 2 aromatic rings. The summed E-state index contributed by atoms with van der Waals surface area (Å²) in [5, 5.41) is 10.3. The van der Waals surface area contributed by atoms with Crippen molar-refractivity contribution in [2.24, 2.45) is 17.8 Å². The van der Waals surface area contributed by atoms with Gasteiger partial charge in [-0.15, -0.1) is 11.3 Å². The number of thiophene rings is 1. The SMILES string of the molecule is COC(=O)c1ccc(CCC[C@H]2C(C(F)(F)F)C[C@@H](O)[C@@H]2C#Cc2ccccc2)s1. The number of hydrogen-bond donors (Lipinski definition) is 1. The van der Waals surface area contributed by atoms with Gasteiger partial charge in [-0.1, -0.05) is 30.0 Å².